The van der Waals surface area contributed by atoms with Crippen LogP contribution in [0.25, 0.3) is 0 Å². The van der Waals surface area contributed by atoms with Crippen LogP contribution in [-0.4, -0.2) is 17.9 Å². The van der Waals surface area contributed by atoms with Crippen molar-refractivity contribution in [3.63, 3.8) is 0 Å². The number of carbonyl (C=O) groups excluding carboxylic acids is 2. The fraction of sp³-hybridized carbons (Fsp3) is 0.333. The first kappa shape index (κ1) is 13.2. The van der Waals surface area contributed by atoms with Gasteiger partial charge in [-0.25, -0.2) is 0 Å². The van der Waals surface area contributed by atoms with Gasteiger partial charge in [-0.15, -0.1) is 0 Å². The molecule has 1 unspecified atom stereocenters. The molecule has 0 saturated heterocycles. The molecule has 0 saturated carbocycles. The van der Waals surface area contributed by atoms with Gasteiger partial charge in [0, 0.05) is 0 Å². The number of carbonyl (C=O) groups is 2. The SMILES string of the molecule is C[C@H](NC(=O)C(N)CC(N)=O)c1ccccc1. The molecule has 0 aliphatic heterocycles. The number of hydrogen-bond acceptors (Lipinski definition) is 3. The van der Waals surface area contributed by atoms with E-state index in [1.54, 1.807) is 0 Å². The van der Waals surface area contributed by atoms with E-state index in [9.17, 15) is 9.59 Å². The minimum absolute atomic E-state index is 0.145. The zero-order chi connectivity index (χ0) is 12.8. The molecule has 1 aromatic rings. The van der Waals surface area contributed by atoms with E-state index in [-0.39, 0.29) is 18.4 Å². The van der Waals surface area contributed by atoms with E-state index < -0.39 is 11.9 Å². The highest BCUT2D eigenvalue weighted by atomic mass is 16.2. The zero-order valence-corrected chi connectivity index (χ0v) is 9.72. The molecule has 0 aliphatic carbocycles. The quantitative estimate of drug-likeness (QED) is 0.673. The summed E-state index contributed by atoms with van der Waals surface area (Å²) in [6, 6.07) is 8.45. The van der Waals surface area contributed by atoms with E-state index in [0.29, 0.717) is 0 Å². The number of benzene rings is 1. The van der Waals surface area contributed by atoms with Crippen molar-refractivity contribution in [1.82, 2.24) is 5.32 Å². The molecule has 17 heavy (non-hydrogen) atoms. The summed E-state index contributed by atoms with van der Waals surface area (Å²) < 4.78 is 0. The number of nitrogens with two attached hydrogens (primary N) is 2. The van der Waals surface area contributed by atoms with E-state index in [1.807, 2.05) is 37.3 Å². The highest BCUT2D eigenvalue weighted by Crippen LogP contribution is 2.11. The van der Waals surface area contributed by atoms with Crippen LogP contribution < -0.4 is 16.8 Å². The van der Waals surface area contributed by atoms with E-state index >= 15 is 0 Å². The molecule has 0 spiro atoms. The molecule has 1 aromatic carbocycles. The van der Waals surface area contributed by atoms with Crippen LogP contribution in [0.3, 0.4) is 0 Å². The molecule has 5 N–H and O–H groups in total. The van der Waals surface area contributed by atoms with Crippen molar-refractivity contribution in [2.45, 2.75) is 25.4 Å². The van der Waals surface area contributed by atoms with Crippen LogP contribution in [0.2, 0.25) is 0 Å². The lowest BCUT2D eigenvalue weighted by molar-refractivity contribution is -0.126. The minimum atomic E-state index is -0.890. The molecule has 0 aromatic heterocycles. The number of nitrogens with one attached hydrogen (secondary N) is 1. The number of hydrogen-bond donors (Lipinski definition) is 3. The second-order valence-electron chi connectivity index (χ2n) is 3.92. The summed E-state index contributed by atoms with van der Waals surface area (Å²) in [4.78, 5) is 22.3. The molecule has 0 bridgehead atoms. The van der Waals surface area contributed by atoms with Gasteiger partial charge >= 0.3 is 0 Å². The molecule has 5 nitrogen and oxygen atoms in total. The standard InChI is InChI=1S/C12H17N3O2/c1-8(9-5-3-2-4-6-9)15-12(17)10(13)7-11(14)16/h2-6,8,10H,7,13H2,1H3,(H2,14,16)(H,15,17)/t8-,10?/m0/s1. The lowest BCUT2D eigenvalue weighted by Crippen LogP contribution is -2.43. The second kappa shape index (κ2) is 6.00. The highest BCUT2D eigenvalue weighted by Gasteiger charge is 2.18. The van der Waals surface area contributed by atoms with Gasteiger partial charge in [0.2, 0.25) is 11.8 Å². The van der Waals surface area contributed by atoms with Crippen molar-refractivity contribution in [2.75, 3.05) is 0 Å². The van der Waals surface area contributed by atoms with E-state index in [0.717, 1.165) is 5.56 Å². The van der Waals surface area contributed by atoms with Crippen LogP contribution in [0.15, 0.2) is 30.3 Å². The van der Waals surface area contributed by atoms with E-state index in [4.69, 9.17) is 11.5 Å². The van der Waals surface area contributed by atoms with Crippen molar-refractivity contribution in [2.24, 2.45) is 11.5 Å². The summed E-state index contributed by atoms with van der Waals surface area (Å²) in [5.74, 6) is -0.958. The van der Waals surface area contributed by atoms with E-state index in [2.05, 4.69) is 5.32 Å². The lowest BCUT2D eigenvalue weighted by Gasteiger charge is -2.17. The van der Waals surface area contributed by atoms with Gasteiger partial charge in [0.15, 0.2) is 0 Å². The summed E-state index contributed by atoms with van der Waals surface area (Å²) in [7, 11) is 0. The van der Waals surface area contributed by atoms with Crippen molar-refractivity contribution in [1.29, 1.82) is 0 Å². The van der Waals surface area contributed by atoms with Gasteiger partial charge in [0.25, 0.3) is 0 Å². The molecular formula is C12H17N3O2. The molecule has 1 rings (SSSR count). The van der Waals surface area contributed by atoms with Crippen LogP contribution in [0.1, 0.15) is 24.9 Å². The fourth-order valence-corrected chi connectivity index (χ4v) is 1.45. The van der Waals surface area contributed by atoms with Crippen LogP contribution >= 0.6 is 0 Å². The maximum absolute atomic E-state index is 11.6. The molecule has 2 atom stereocenters. The lowest BCUT2D eigenvalue weighted by atomic mass is 10.1. The molecule has 5 heteroatoms. The Morgan fingerprint density at radius 3 is 2.41 bits per heavy atom. The van der Waals surface area contributed by atoms with Crippen LogP contribution in [0, 0.1) is 0 Å². The number of rotatable bonds is 5. The summed E-state index contributed by atoms with van der Waals surface area (Å²) in [6.07, 6.45) is -0.145. The molecule has 0 radical (unpaired) electrons. The Morgan fingerprint density at radius 1 is 1.29 bits per heavy atom. The minimum Gasteiger partial charge on any atom is -0.370 e. The Morgan fingerprint density at radius 2 is 1.88 bits per heavy atom. The zero-order valence-electron chi connectivity index (χ0n) is 9.72. The Bertz CT molecular complexity index is 392. The smallest absolute Gasteiger partial charge is 0.237 e. The topological polar surface area (TPSA) is 98.2 Å². The van der Waals surface area contributed by atoms with Crippen molar-refractivity contribution in [3.8, 4) is 0 Å². The van der Waals surface area contributed by atoms with Gasteiger partial charge < -0.3 is 16.8 Å². The maximum Gasteiger partial charge on any atom is 0.237 e. The first-order valence-electron chi connectivity index (χ1n) is 5.40. The Kier molecular flexibility index (Phi) is 4.66. The monoisotopic (exact) mass is 235 g/mol. The van der Waals surface area contributed by atoms with Gasteiger partial charge in [-0.3, -0.25) is 9.59 Å². The van der Waals surface area contributed by atoms with Gasteiger partial charge in [-0.2, -0.15) is 0 Å². The second-order valence-corrected chi connectivity index (χ2v) is 3.92. The maximum atomic E-state index is 11.6. The van der Waals surface area contributed by atoms with Crippen LogP contribution in [0.4, 0.5) is 0 Å². The molecule has 92 valence electrons. The van der Waals surface area contributed by atoms with E-state index in [1.165, 1.54) is 0 Å². The fourth-order valence-electron chi connectivity index (χ4n) is 1.45. The summed E-state index contributed by atoms with van der Waals surface area (Å²) in [5, 5.41) is 2.73. The van der Waals surface area contributed by atoms with Gasteiger partial charge in [-0.1, -0.05) is 30.3 Å². The largest absolute Gasteiger partial charge is 0.370 e. The molecule has 0 heterocycles. The van der Waals surface area contributed by atoms with Gasteiger partial charge in [-0.05, 0) is 12.5 Å². The Hall–Kier alpha value is -1.88. The summed E-state index contributed by atoms with van der Waals surface area (Å²) >= 11 is 0. The normalized spacial score (nSPS) is 13.8. The Balaban J connectivity index is 2.54. The van der Waals surface area contributed by atoms with Crippen molar-refractivity contribution >= 4 is 11.8 Å². The third-order valence-electron chi connectivity index (χ3n) is 2.42. The van der Waals surface area contributed by atoms with Crippen LogP contribution in [-0.2, 0) is 9.59 Å². The van der Waals surface area contributed by atoms with Crippen molar-refractivity contribution < 1.29 is 9.59 Å². The highest BCUT2D eigenvalue weighted by molar-refractivity contribution is 5.87. The first-order valence-corrected chi connectivity index (χ1v) is 5.40. The van der Waals surface area contributed by atoms with Crippen LogP contribution in [0.5, 0.6) is 0 Å². The average Bonchev–Trinajstić information content (AvgIpc) is 2.29. The van der Waals surface area contributed by atoms with Crippen molar-refractivity contribution in [3.05, 3.63) is 35.9 Å². The molecular weight excluding hydrogens is 218 g/mol. The number of amides is 2. The third-order valence-corrected chi connectivity index (χ3v) is 2.42. The first-order chi connectivity index (χ1) is 8.00. The predicted octanol–water partition coefficient (Wildman–Crippen LogP) is 0.0665. The molecule has 2 amide bonds. The average molecular weight is 235 g/mol. The predicted molar refractivity (Wildman–Crippen MR) is 64.8 cm³/mol. The van der Waals surface area contributed by atoms with Gasteiger partial charge in [0.05, 0.1) is 18.5 Å². The third kappa shape index (κ3) is 4.24. The number of primary amides is 1. The molecule has 0 fully saturated rings. The molecule has 0 aliphatic rings. The summed E-state index contributed by atoms with van der Waals surface area (Å²) in [5.41, 5.74) is 11.5. The Labute approximate surface area is 100 Å². The van der Waals surface area contributed by atoms with Gasteiger partial charge in [0.1, 0.15) is 0 Å². The summed E-state index contributed by atoms with van der Waals surface area (Å²) in [6.45, 7) is 1.85.